The minimum atomic E-state index is -1.78. The molecule has 0 fully saturated rings. The van der Waals surface area contributed by atoms with Crippen LogP contribution in [0.2, 0.25) is 0 Å². The summed E-state index contributed by atoms with van der Waals surface area (Å²) >= 11 is 0. The van der Waals surface area contributed by atoms with Crippen molar-refractivity contribution >= 4 is 9.53 Å². The van der Waals surface area contributed by atoms with Crippen molar-refractivity contribution in [3.8, 4) is 0 Å². The lowest BCUT2D eigenvalue weighted by molar-refractivity contribution is 0.100. The predicted octanol–water partition coefficient (Wildman–Crippen LogP) is 1.98. The van der Waals surface area contributed by atoms with Gasteiger partial charge < -0.3 is 13.3 Å². The molecule has 0 aromatic carbocycles. The molecule has 0 saturated carbocycles. The molecular formula is C9H22O3Si. The van der Waals surface area contributed by atoms with Crippen molar-refractivity contribution in [3.05, 3.63) is 0 Å². The molecule has 0 aromatic rings. The molecule has 4 heteroatoms. The van der Waals surface area contributed by atoms with Gasteiger partial charge >= 0.3 is 9.53 Å². The van der Waals surface area contributed by atoms with Gasteiger partial charge in [-0.2, -0.15) is 0 Å². The first-order valence-electron chi connectivity index (χ1n) is 5.19. The van der Waals surface area contributed by atoms with E-state index in [0.29, 0.717) is 13.2 Å². The van der Waals surface area contributed by atoms with Crippen LogP contribution >= 0.6 is 0 Å². The van der Waals surface area contributed by atoms with Gasteiger partial charge in [-0.1, -0.05) is 19.8 Å². The summed E-state index contributed by atoms with van der Waals surface area (Å²) in [6.45, 7) is 8.27. The summed E-state index contributed by atoms with van der Waals surface area (Å²) in [7, 11) is -1.78. The maximum atomic E-state index is 5.52. The third-order valence-corrected chi connectivity index (χ3v) is 3.33. The first kappa shape index (κ1) is 13.1. The van der Waals surface area contributed by atoms with Crippen molar-refractivity contribution in [3.63, 3.8) is 0 Å². The normalized spacial score (nSPS) is 11.1. The molecule has 0 bridgehead atoms. The molecular weight excluding hydrogens is 184 g/mol. The molecule has 0 saturated heterocycles. The lowest BCUT2D eigenvalue weighted by Crippen LogP contribution is -2.27. The van der Waals surface area contributed by atoms with E-state index in [1.165, 1.54) is 12.8 Å². The zero-order valence-electron chi connectivity index (χ0n) is 9.04. The van der Waals surface area contributed by atoms with Crippen LogP contribution < -0.4 is 0 Å². The second-order valence-corrected chi connectivity index (χ2v) is 4.35. The summed E-state index contributed by atoms with van der Waals surface area (Å²) < 4.78 is 16.2. The van der Waals surface area contributed by atoms with E-state index in [0.717, 1.165) is 13.0 Å². The Bertz CT molecular complexity index is 94.9. The Labute approximate surface area is 83.3 Å². The molecule has 13 heavy (non-hydrogen) atoms. The monoisotopic (exact) mass is 206 g/mol. The van der Waals surface area contributed by atoms with Crippen molar-refractivity contribution in [2.45, 2.75) is 40.0 Å². The van der Waals surface area contributed by atoms with Crippen LogP contribution in [-0.2, 0) is 13.3 Å². The average molecular weight is 206 g/mol. The molecule has 80 valence electrons. The summed E-state index contributed by atoms with van der Waals surface area (Å²) in [6.07, 6.45) is 3.55. The van der Waals surface area contributed by atoms with E-state index >= 15 is 0 Å². The molecule has 0 aromatic heterocycles. The molecule has 3 nitrogen and oxygen atoms in total. The second-order valence-electron chi connectivity index (χ2n) is 2.78. The highest BCUT2D eigenvalue weighted by molar-refractivity contribution is 6.36. The zero-order valence-corrected chi connectivity index (χ0v) is 10.2. The predicted molar refractivity (Wildman–Crippen MR) is 55.9 cm³/mol. The van der Waals surface area contributed by atoms with Crippen LogP contribution in [0.5, 0.6) is 0 Å². The molecule has 0 spiro atoms. The molecule has 0 unspecified atom stereocenters. The highest BCUT2D eigenvalue weighted by Gasteiger charge is 2.12. The first-order valence-corrected chi connectivity index (χ1v) is 6.61. The molecule has 0 aliphatic rings. The third-order valence-electron chi connectivity index (χ3n) is 1.61. The lowest BCUT2D eigenvalue weighted by atomic mass is 10.3. The van der Waals surface area contributed by atoms with Crippen molar-refractivity contribution in [1.29, 1.82) is 0 Å². The van der Waals surface area contributed by atoms with Crippen molar-refractivity contribution in [2.24, 2.45) is 0 Å². The SMILES string of the molecule is CCCCCO[SiH](OCC)OCC. The Kier molecular flexibility index (Phi) is 10.3. The highest BCUT2D eigenvalue weighted by Crippen LogP contribution is 1.98. The van der Waals surface area contributed by atoms with E-state index < -0.39 is 9.53 Å². The summed E-state index contributed by atoms with van der Waals surface area (Å²) in [5, 5.41) is 0. The number of rotatable bonds is 9. The minimum Gasteiger partial charge on any atom is -0.376 e. The van der Waals surface area contributed by atoms with Gasteiger partial charge in [0.25, 0.3) is 0 Å². The smallest absolute Gasteiger partial charge is 0.376 e. The van der Waals surface area contributed by atoms with E-state index in [2.05, 4.69) is 6.92 Å². The minimum absolute atomic E-state index is 0.685. The second kappa shape index (κ2) is 10.2. The molecule has 0 aliphatic carbocycles. The van der Waals surface area contributed by atoms with Gasteiger partial charge in [0, 0.05) is 19.8 Å². The van der Waals surface area contributed by atoms with Crippen LogP contribution in [0.3, 0.4) is 0 Å². The van der Waals surface area contributed by atoms with Crippen molar-refractivity contribution in [2.75, 3.05) is 19.8 Å². The Balaban J connectivity index is 3.33. The summed E-state index contributed by atoms with van der Waals surface area (Å²) in [5.74, 6) is 0. The van der Waals surface area contributed by atoms with E-state index in [1.807, 2.05) is 13.8 Å². The maximum absolute atomic E-state index is 5.52. The van der Waals surface area contributed by atoms with Crippen molar-refractivity contribution < 1.29 is 13.3 Å². The molecule has 0 radical (unpaired) electrons. The largest absolute Gasteiger partial charge is 0.484 e. The van der Waals surface area contributed by atoms with Crippen LogP contribution in [0.25, 0.3) is 0 Å². The summed E-state index contributed by atoms with van der Waals surface area (Å²) in [6, 6.07) is 0. The Hall–Kier alpha value is 0.0969. The van der Waals surface area contributed by atoms with Gasteiger partial charge in [-0.3, -0.25) is 0 Å². The Morgan fingerprint density at radius 3 is 1.92 bits per heavy atom. The van der Waals surface area contributed by atoms with Gasteiger partial charge in [-0.25, -0.2) is 0 Å². The van der Waals surface area contributed by atoms with Crippen LogP contribution in [0.15, 0.2) is 0 Å². The van der Waals surface area contributed by atoms with Crippen LogP contribution in [0.4, 0.5) is 0 Å². The molecule has 0 rings (SSSR count). The lowest BCUT2D eigenvalue weighted by Gasteiger charge is -2.14. The molecule has 0 atom stereocenters. The Morgan fingerprint density at radius 2 is 1.46 bits per heavy atom. The summed E-state index contributed by atoms with van der Waals surface area (Å²) in [4.78, 5) is 0. The fourth-order valence-electron chi connectivity index (χ4n) is 0.948. The molecule has 0 heterocycles. The molecule has 0 aliphatic heterocycles. The molecule has 0 amide bonds. The number of hydrogen-bond donors (Lipinski definition) is 0. The fraction of sp³-hybridized carbons (Fsp3) is 1.00. The van der Waals surface area contributed by atoms with Gasteiger partial charge in [0.1, 0.15) is 0 Å². The average Bonchev–Trinajstić information content (AvgIpc) is 2.13. The molecule has 0 N–H and O–H groups in total. The van der Waals surface area contributed by atoms with Gasteiger partial charge in [-0.15, -0.1) is 0 Å². The van der Waals surface area contributed by atoms with Crippen LogP contribution in [-0.4, -0.2) is 29.3 Å². The van der Waals surface area contributed by atoms with Gasteiger partial charge in [0.2, 0.25) is 0 Å². The van der Waals surface area contributed by atoms with E-state index in [-0.39, 0.29) is 0 Å². The first-order chi connectivity index (χ1) is 6.35. The van der Waals surface area contributed by atoms with E-state index in [4.69, 9.17) is 13.3 Å². The maximum Gasteiger partial charge on any atom is 0.484 e. The van der Waals surface area contributed by atoms with Gasteiger partial charge in [-0.05, 0) is 20.3 Å². The Morgan fingerprint density at radius 1 is 0.846 bits per heavy atom. The van der Waals surface area contributed by atoms with Gasteiger partial charge in [0.05, 0.1) is 0 Å². The summed E-state index contributed by atoms with van der Waals surface area (Å²) in [5.41, 5.74) is 0. The highest BCUT2D eigenvalue weighted by atomic mass is 28.3. The fourth-order valence-corrected chi connectivity index (χ4v) is 2.14. The zero-order chi connectivity index (χ0) is 9.94. The number of hydrogen-bond acceptors (Lipinski definition) is 3. The standard InChI is InChI=1S/C9H22O3Si/c1-4-7-8-9-12-13(10-5-2)11-6-3/h13H,4-9H2,1-3H3. The third kappa shape index (κ3) is 8.43. The van der Waals surface area contributed by atoms with Gasteiger partial charge in [0.15, 0.2) is 0 Å². The topological polar surface area (TPSA) is 27.7 Å². The van der Waals surface area contributed by atoms with E-state index in [9.17, 15) is 0 Å². The van der Waals surface area contributed by atoms with Crippen LogP contribution in [0.1, 0.15) is 40.0 Å². The van der Waals surface area contributed by atoms with E-state index in [1.54, 1.807) is 0 Å². The quantitative estimate of drug-likeness (QED) is 0.426. The van der Waals surface area contributed by atoms with Crippen molar-refractivity contribution in [1.82, 2.24) is 0 Å². The number of unbranched alkanes of at least 4 members (excludes halogenated alkanes) is 2. The van der Waals surface area contributed by atoms with Crippen LogP contribution in [0, 0.1) is 0 Å².